The van der Waals surface area contributed by atoms with Gasteiger partial charge in [-0.05, 0) is 12.8 Å². The molecule has 0 unspecified atom stereocenters. The van der Waals surface area contributed by atoms with Gasteiger partial charge in [-0.15, -0.1) is 0 Å². The molecule has 0 radical (unpaired) electrons. The summed E-state index contributed by atoms with van der Waals surface area (Å²) in [4.78, 5) is 9.25. The first-order valence-corrected chi connectivity index (χ1v) is 9.30. The fourth-order valence-corrected chi connectivity index (χ4v) is 2.81. The van der Waals surface area contributed by atoms with Gasteiger partial charge in [0.25, 0.3) is 0 Å². The van der Waals surface area contributed by atoms with Crippen LogP contribution in [0.2, 0.25) is 0 Å². The molecule has 0 amide bonds. The third-order valence-electron chi connectivity index (χ3n) is 4.01. The second-order valence-electron chi connectivity index (χ2n) is 6.63. The third kappa shape index (κ3) is 22.5. The van der Waals surface area contributed by atoms with Crippen molar-refractivity contribution in [3.63, 3.8) is 0 Å². The molecule has 0 aromatic heterocycles. The van der Waals surface area contributed by atoms with Crippen LogP contribution in [0.25, 0.3) is 0 Å². The average molecular weight is 452 g/mol. The standard InChI is InChI=1S/C16H30N4.2BF3.2FH/c1-17-11-13-19(15-17)9-7-5-3-4-6-8-10-20-14-12-18(2)16-20;2*2-1(3)4;;/h11-14H,3-10,15-16H2,1-2H3;;;2*1H/p-2. The first-order chi connectivity index (χ1) is 13.2. The molecule has 0 spiro atoms. The lowest BCUT2D eigenvalue weighted by atomic mass is 10.1. The van der Waals surface area contributed by atoms with E-state index in [0.717, 1.165) is 13.3 Å². The maximum Gasteiger partial charge on any atom is 0.762 e. The highest BCUT2D eigenvalue weighted by molar-refractivity contribution is 6.33. The van der Waals surface area contributed by atoms with Crippen molar-refractivity contribution in [3.05, 3.63) is 24.8 Å². The van der Waals surface area contributed by atoms with E-state index in [1.165, 1.54) is 51.6 Å². The predicted octanol–water partition coefficient (Wildman–Crippen LogP) is -1.55. The zero-order valence-corrected chi connectivity index (χ0v) is 17.3. The molecule has 2 aliphatic rings. The summed E-state index contributed by atoms with van der Waals surface area (Å²) in [5.41, 5.74) is 0. The van der Waals surface area contributed by atoms with Crippen molar-refractivity contribution in [3.8, 4) is 0 Å². The van der Waals surface area contributed by atoms with Crippen LogP contribution in [-0.2, 0) is 0 Å². The molecule has 4 nitrogen and oxygen atoms in total. The monoisotopic (exact) mass is 452 g/mol. The summed E-state index contributed by atoms with van der Waals surface area (Å²) < 4.78 is 58.0. The van der Waals surface area contributed by atoms with Gasteiger partial charge in [0.15, 0.2) is 0 Å². The van der Waals surface area contributed by atoms with Gasteiger partial charge in [-0.1, -0.05) is 25.7 Å². The maximum atomic E-state index is 9.67. The maximum absolute atomic E-state index is 9.67. The van der Waals surface area contributed by atoms with Crippen LogP contribution < -0.4 is 9.41 Å². The van der Waals surface area contributed by atoms with Crippen LogP contribution in [0.15, 0.2) is 24.8 Å². The van der Waals surface area contributed by atoms with Crippen molar-refractivity contribution in [2.24, 2.45) is 0 Å². The zero-order valence-electron chi connectivity index (χ0n) is 17.3. The molecular weight excluding hydrogens is 422 g/mol. The summed E-state index contributed by atoms with van der Waals surface area (Å²) in [6.45, 7) is 4.56. The Kier molecular flexibility index (Phi) is 22.5. The topological polar surface area (TPSA) is 13.0 Å². The number of hydrogen-bond acceptors (Lipinski definition) is 4. The average Bonchev–Trinajstić information content (AvgIpc) is 3.17. The Bertz CT molecular complexity index is 393. The van der Waals surface area contributed by atoms with Crippen molar-refractivity contribution in [1.82, 2.24) is 19.6 Å². The minimum Gasteiger partial charge on any atom is -1.00 e. The van der Waals surface area contributed by atoms with E-state index in [0.29, 0.717) is 0 Å². The van der Waals surface area contributed by atoms with Crippen molar-refractivity contribution in [2.45, 2.75) is 38.5 Å². The van der Waals surface area contributed by atoms with Gasteiger partial charge in [-0.25, -0.2) is 0 Å². The molecule has 0 fully saturated rings. The second-order valence-corrected chi connectivity index (χ2v) is 6.63. The first-order valence-electron chi connectivity index (χ1n) is 9.30. The molecule has 0 saturated heterocycles. The molecule has 0 aromatic carbocycles. The quantitative estimate of drug-likeness (QED) is 0.239. The predicted molar refractivity (Wildman–Crippen MR) is 103 cm³/mol. The van der Waals surface area contributed by atoms with Gasteiger partial charge in [-0.3, -0.25) is 25.9 Å². The molecule has 0 saturated carbocycles. The molecule has 2 aliphatic heterocycles. The summed E-state index contributed by atoms with van der Waals surface area (Å²) in [6, 6.07) is 0. The number of unbranched alkanes of at least 4 members (excludes halogenated alkanes) is 5. The summed E-state index contributed by atoms with van der Waals surface area (Å²) >= 11 is 0. The Balaban J connectivity index is -0.000000629. The van der Waals surface area contributed by atoms with Gasteiger partial charge in [0.05, 0.1) is 13.3 Å². The molecule has 0 bridgehead atoms. The van der Waals surface area contributed by atoms with E-state index in [1.54, 1.807) is 0 Å². The van der Waals surface area contributed by atoms with E-state index in [2.05, 4.69) is 58.5 Å². The Hall–Kier alpha value is -1.75. The van der Waals surface area contributed by atoms with Gasteiger partial charge in [0.2, 0.25) is 0 Å². The molecule has 2 heterocycles. The molecule has 30 heavy (non-hydrogen) atoms. The van der Waals surface area contributed by atoms with E-state index in [4.69, 9.17) is 0 Å². The fourth-order valence-electron chi connectivity index (χ4n) is 2.81. The number of nitrogens with zero attached hydrogens (tertiary/aromatic N) is 4. The Morgan fingerprint density at radius 3 is 1.07 bits per heavy atom. The summed E-state index contributed by atoms with van der Waals surface area (Å²) in [5.74, 6) is 0. The first kappa shape index (κ1) is 32.9. The minimum atomic E-state index is -3.67. The lowest BCUT2D eigenvalue weighted by Gasteiger charge is -2.18. The highest BCUT2D eigenvalue weighted by Crippen LogP contribution is 2.11. The molecule has 14 heteroatoms. The van der Waals surface area contributed by atoms with Gasteiger partial charge in [0.1, 0.15) is 0 Å². The largest absolute Gasteiger partial charge is 1.00 e. The molecule has 0 atom stereocenters. The van der Waals surface area contributed by atoms with E-state index in [1.807, 2.05) is 0 Å². The Labute approximate surface area is 174 Å². The number of halogens is 8. The van der Waals surface area contributed by atoms with Crippen molar-refractivity contribution in [1.29, 1.82) is 0 Å². The van der Waals surface area contributed by atoms with Crippen LogP contribution in [0.4, 0.5) is 25.9 Å². The lowest BCUT2D eigenvalue weighted by molar-refractivity contribution is -0.00100. The highest BCUT2D eigenvalue weighted by atomic mass is 19.4. The fraction of sp³-hybridized carbons (Fsp3) is 0.750. The van der Waals surface area contributed by atoms with Crippen molar-refractivity contribution in [2.75, 3.05) is 40.5 Å². The van der Waals surface area contributed by atoms with E-state index in [-0.39, 0.29) is 9.41 Å². The summed E-state index contributed by atoms with van der Waals surface area (Å²) in [7, 11) is -3.08. The summed E-state index contributed by atoms with van der Waals surface area (Å²) in [6.07, 6.45) is 16.9. The van der Waals surface area contributed by atoms with Gasteiger partial charge in [-0.2, -0.15) is 0 Å². The lowest BCUT2D eigenvalue weighted by Crippen LogP contribution is -3.00. The third-order valence-corrected chi connectivity index (χ3v) is 4.01. The van der Waals surface area contributed by atoms with Crippen LogP contribution >= 0.6 is 0 Å². The van der Waals surface area contributed by atoms with Gasteiger partial charge >= 0.3 is 15.1 Å². The number of hydrogen-bond donors (Lipinski definition) is 0. The second kappa shape index (κ2) is 20.5. The van der Waals surface area contributed by atoms with Crippen LogP contribution in [0.3, 0.4) is 0 Å². The van der Waals surface area contributed by atoms with Crippen LogP contribution in [0.5, 0.6) is 0 Å². The number of rotatable bonds is 9. The SMILES string of the molecule is CN1C=CN(CCCCCCCCN2C=CN(C)C2)C1.FB(F)F.FB(F)F.[F-].[F-]. The van der Waals surface area contributed by atoms with E-state index >= 15 is 0 Å². The molecule has 178 valence electrons. The highest BCUT2D eigenvalue weighted by Gasteiger charge is 2.08. The van der Waals surface area contributed by atoms with Gasteiger partial charge < -0.3 is 29.0 Å². The Morgan fingerprint density at radius 2 is 0.833 bits per heavy atom. The minimum absolute atomic E-state index is 0. The van der Waals surface area contributed by atoms with Crippen LogP contribution in [-0.4, -0.2) is 75.2 Å². The van der Waals surface area contributed by atoms with Crippen LogP contribution in [0, 0.1) is 0 Å². The smallest absolute Gasteiger partial charge is 0.762 e. The Morgan fingerprint density at radius 1 is 0.567 bits per heavy atom. The van der Waals surface area contributed by atoms with E-state index < -0.39 is 15.1 Å². The van der Waals surface area contributed by atoms with E-state index in [9.17, 15) is 25.9 Å². The van der Waals surface area contributed by atoms with Crippen molar-refractivity contribution >= 4 is 15.1 Å². The van der Waals surface area contributed by atoms with Gasteiger partial charge in [0, 0.05) is 52.0 Å². The molecule has 0 aliphatic carbocycles. The normalized spacial score (nSPS) is 13.7. The van der Waals surface area contributed by atoms with Crippen LogP contribution in [0.1, 0.15) is 38.5 Å². The molecule has 2 rings (SSSR count). The molecular formula is C16H30B2F8N4-2. The zero-order chi connectivity index (χ0) is 21.4. The summed E-state index contributed by atoms with van der Waals surface area (Å²) in [5, 5.41) is 0. The molecule has 0 N–H and O–H groups in total. The van der Waals surface area contributed by atoms with Crippen molar-refractivity contribution < 1.29 is 35.3 Å². The molecule has 0 aromatic rings.